The Hall–Kier alpha value is -0.550. The molecule has 1 spiro atoms. The third-order valence-corrected chi connectivity index (χ3v) is 4.07. The SMILES string of the molecule is CC(C)(C#N)C1CCOC2(CCC2)C1. The fraction of sp³-hybridized carbons (Fsp3) is 0.917. The Balaban J connectivity index is 2.05. The van der Waals surface area contributed by atoms with Gasteiger partial charge in [-0.05, 0) is 51.9 Å². The second-order valence-electron chi connectivity index (χ2n) is 5.41. The Morgan fingerprint density at radius 2 is 2.14 bits per heavy atom. The fourth-order valence-electron chi connectivity index (χ4n) is 2.65. The summed E-state index contributed by atoms with van der Waals surface area (Å²) in [5.41, 5.74) is 0.00338. The Morgan fingerprint density at radius 3 is 2.64 bits per heavy atom. The Kier molecular flexibility index (Phi) is 2.31. The predicted octanol–water partition coefficient (Wildman–Crippen LogP) is 2.89. The molecule has 1 unspecified atom stereocenters. The highest BCUT2D eigenvalue weighted by molar-refractivity contribution is 5.03. The lowest BCUT2D eigenvalue weighted by Gasteiger charge is -2.49. The van der Waals surface area contributed by atoms with Gasteiger partial charge in [-0.25, -0.2) is 0 Å². The van der Waals surface area contributed by atoms with Gasteiger partial charge in [-0.3, -0.25) is 0 Å². The van der Waals surface area contributed by atoms with E-state index in [1.54, 1.807) is 0 Å². The van der Waals surface area contributed by atoms with Crippen LogP contribution in [0.25, 0.3) is 0 Å². The molecule has 2 nitrogen and oxygen atoms in total. The lowest BCUT2D eigenvalue weighted by molar-refractivity contribution is -0.153. The number of nitriles is 1. The Morgan fingerprint density at radius 1 is 1.43 bits per heavy atom. The van der Waals surface area contributed by atoms with Crippen molar-refractivity contribution in [2.24, 2.45) is 11.3 Å². The second kappa shape index (κ2) is 3.24. The molecule has 1 atom stereocenters. The molecule has 1 saturated heterocycles. The van der Waals surface area contributed by atoms with Crippen molar-refractivity contribution in [2.45, 2.75) is 51.6 Å². The van der Waals surface area contributed by atoms with E-state index in [0.29, 0.717) is 5.92 Å². The van der Waals surface area contributed by atoms with Gasteiger partial charge in [-0.2, -0.15) is 5.26 Å². The quantitative estimate of drug-likeness (QED) is 0.641. The van der Waals surface area contributed by atoms with Gasteiger partial charge >= 0.3 is 0 Å². The highest BCUT2D eigenvalue weighted by Crippen LogP contribution is 2.48. The van der Waals surface area contributed by atoms with Gasteiger partial charge in [0, 0.05) is 6.61 Å². The highest BCUT2D eigenvalue weighted by Gasteiger charge is 2.46. The summed E-state index contributed by atoms with van der Waals surface area (Å²) in [6, 6.07) is 2.44. The van der Waals surface area contributed by atoms with Gasteiger partial charge in [0.2, 0.25) is 0 Å². The van der Waals surface area contributed by atoms with Crippen molar-refractivity contribution in [3.8, 4) is 6.07 Å². The summed E-state index contributed by atoms with van der Waals surface area (Å²) in [6.07, 6.45) is 5.89. The largest absolute Gasteiger partial charge is 0.375 e. The van der Waals surface area contributed by atoms with E-state index in [-0.39, 0.29) is 11.0 Å². The molecule has 0 radical (unpaired) electrons. The first-order valence-corrected chi connectivity index (χ1v) is 5.63. The molecule has 2 heteroatoms. The number of hydrogen-bond donors (Lipinski definition) is 0. The van der Waals surface area contributed by atoms with E-state index in [1.807, 2.05) is 0 Å². The smallest absolute Gasteiger partial charge is 0.0686 e. The van der Waals surface area contributed by atoms with Gasteiger partial charge in [0.15, 0.2) is 0 Å². The summed E-state index contributed by atoms with van der Waals surface area (Å²) in [5.74, 6) is 0.529. The zero-order chi connectivity index (χ0) is 10.2. The first-order chi connectivity index (χ1) is 6.58. The molecule has 0 aromatic carbocycles. The lowest BCUT2D eigenvalue weighted by atomic mass is 9.65. The van der Waals surface area contributed by atoms with Gasteiger partial charge in [0.05, 0.1) is 17.1 Å². The summed E-state index contributed by atoms with van der Waals surface area (Å²) in [6.45, 7) is 4.99. The van der Waals surface area contributed by atoms with Crippen molar-refractivity contribution in [1.82, 2.24) is 0 Å². The molecule has 2 rings (SSSR count). The number of nitrogens with zero attached hydrogens (tertiary/aromatic N) is 1. The third kappa shape index (κ3) is 1.54. The molecule has 0 N–H and O–H groups in total. The topological polar surface area (TPSA) is 33.0 Å². The van der Waals surface area contributed by atoms with E-state index < -0.39 is 0 Å². The van der Waals surface area contributed by atoms with Crippen LogP contribution in [0.4, 0.5) is 0 Å². The maximum absolute atomic E-state index is 9.12. The molecule has 0 bridgehead atoms. The summed E-state index contributed by atoms with van der Waals surface area (Å²) in [4.78, 5) is 0. The van der Waals surface area contributed by atoms with Crippen LogP contribution in [0.2, 0.25) is 0 Å². The lowest BCUT2D eigenvalue weighted by Crippen LogP contribution is -2.48. The monoisotopic (exact) mass is 193 g/mol. The summed E-state index contributed by atoms with van der Waals surface area (Å²) >= 11 is 0. The van der Waals surface area contributed by atoms with Crippen LogP contribution in [0, 0.1) is 22.7 Å². The first-order valence-electron chi connectivity index (χ1n) is 5.63. The minimum atomic E-state index is -0.174. The van der Waals surface area contributed by atoms with Crippen molar-refractivity contribution >= 4 is 0 Å². The molecule has 2 aliphatic rings. The molecule has 78 valence electrons. The normalized spacial score (nSPS) is 30.8. The minimum Gasteiger partial charge on any atom is -0.375 e. The van der Waals surface area contributed by atoms with Crippen LogP contribution in [-0.2, 0) is 4.74 Å². The standard InChI is InChI=1S/C12H19NO/c1-11(2,9-13)10-4-7-14-12(8-10)5-3-6-12/h10H,3-8H2,1-2H3. The third-order valence-electron chi connectivity index (χ3n) is 4.07. The van der Waals surface area contributed by atoms with Crippen molar-refractivity contribution in [2.75, 3.05) is 6.61 Å². The molecule has 14 heavy (non-hydrogen) atoms. The van der Waals surface area contributed by atoms with Crippen molar-refractivity contribution in [3.05, 3.63) is 0 Å². The molecular weight excluding hydrogens is 174 g/mol. The van der Waals surface area contributed by atoms with Crippen molar-refractivity contribution in [3.63, 3.8) is 0 Å². The second-order valence-corrected chi connectivity index (χ2v) is 5.41. The molecule has 2 fully saturated rings. The van der Waals surface area contributed by atoms with Gasteiger partial charge in [-0.15, -0.1) is 0 Å². The number of hydrogen-bond acceptors (Lipinski definition) is 2. The molecular formula is C12H19NO. The van der Waals surface area contributed by atoms with E-state index in [0.717, 1.165) is 19.4 Å². The van der Waals surface area contributed by atoms with Crippen LogP contribution in [0.5, 0.6) is 0 Å². The van der Waals surface area contributed by atoms with Crippen LogP contribution in [0.3, 0.4) is 0 Å². The Bertz CT molecular complexity index is 260. The maximum atomic E-state index is 9.12. The Labute approximate surface area is 86.2 Å². The average molecular weight is 193 g/mol. The zero-order valence-electron chi connectivity index (χ0n) is 9.18. The summed E-state index contributed by atoms with van der Waals surface area (Å²) < 4.78 is 5.86. The fourth-order valence-corrected chi connectivity index (χ4v) is 2.65. The molecule has 0 aromatic rings. The van der Waals surface area contributed by atoms with Crippen LogP contribution in [0.15, 0.2) is 0 Å². The van der Waals surface area contributed by atoms with E-state index in [2.05, 4.69) is 19.9 Å². The summed E-state index contributed by atoms with van der Waals surface area (Å²) in [5, 5.41) is 9.12. The van der Waals surface area contributed by atoms with E-state index in [9.17, 15) is 0 Å². The molecule has 1 saturated carbocycles. The van der Waals surface area contributed by atoms with Crippen molar-refractivity contribution < 1.29 is 4.74 Å². The highest BCUT2D eigenvalue weighted by atomic mass is 16.5. The molecule has 0 aromatic heterocycles. The van der Waals surface area contributed by atoms with Crippen LogP contribution < -0.4 is 0 Å². The van der Waals surface area contributed by atoms with E-state index in [4.69, 9.17) is 10.00 Å². The van der Waals surface area contributed by atoms with Gasteiger partial charge in [-0.1, -0.05) is 0 Å². The first kappa shape index (κ1) is 9.98. The number of rotatable bonds is 1. The molecule has 1 heterocycles. The van der Waals surface area contributed by atoms with Crippen LogP contribution >= 0.6 is 0 Å². The van der Waals surface area contributed by atoms with E-state index >= 15 is 0 Å². The predicted molar refractivity (Wildman–Crippen MR) is 54.7 cm³/mol. The van der Waals surface area contributed by atoms with E-state index in [1.165, 1.54) is 19.3 Å². The summed E-state index contributed by atoms with van der Waals surface area (Å²) in [7, 11) is 0. The number of ether oxygens (including phenoxy) is 1. The van der Waals surface area contributed by atoms with Gasteiger partial charge in [0.25, 0.3) is 0 Å². The van der Waals surface area contributed by atoms with Crippen LogP contribution in [0.1, 0.15) is 46.0 Å². The van der Waals surface area contributed by atoms with Gasteiger partial charge in [0.1, 0.15) is 0 Å². The maximum Gasteiger partial charge on any atom is 0.0686 e. The minimum absolute atomic E-state index is 0.174. The molecule has 1 aliphatic heterocycles. The molecule has 0 amide bonds. The average Bonchev–Trinajstić information content (AvgIpc) is 2.16. The zero-order valence-corrected chi connectivity index (χ0v) is 9.18. The van der Waals surface area contributed by atoms with Crippen molar-refractivity contribution in [1.29, 1.82) is 5.26 Å². The molecule has 1 aliphatic carbocycles. The van der Waals surface area contributed by atoms with Crippen LogP contribution in [-0.4, -0.2) is 12.2 Å². The van der Waals surface area contributed by atoms with Gasteiger partial charge < -0.3 is 4.74 Å².